The van der Waals surface area contributed by atoms with Crippen molar-refractivity contribution in [3.63, 3.8) is 0 Å². The Hall–Kier alpha value is -3.29. The topological polar surface area (TPSA) is 66.0 Å². The number of hydrogen-bond acceptors (Lipinski definition) is 5. The Morgan fingerprint density at radius 3 is 2.18 bits per heavy atom. The van der Waals surface area contributed by atoms with Gasteiger partial charge in [0.1, 0.15) is 0 Å². The van der Waals surface area contributed by atoms with Gasteiger partial charge in [-0.05, 0) is 42.3 Å². The van der Waals surface area contributed by atoms with Gasteiger partial charge in [-0.1, -0.05) is 6.07 Å². The van der Waals surface area contributed by atoms with Gasteiger partial charge in [-0.15, -0.1) is 0 Å². The van der Waals surface area contributed by atoms with Crippen molar-refractivity contribution in [2.75, 3.05) is 26.6 Å². The lowest BCUT2D eigenvalue weighted by molar-refractivity contribution is -0.111. The van der Waals surface area contributed by atoms with Gasteiger partial charge in [-0.2, -0.15) is 8.78 Å². The van der Waals surface area contributed by atoms with E-state index in [2.05, 4.69) is 10.1 Å². The highest BCUT2D eigenvalue weighted by Crippen LogP contribution is 2.33. The average Bonchev–Trinajstić information content (AvgIpc) is 2.67. The summed E-state index contributed by atoms with van der Waals surface area (Å²) in [4.78, 5) is 12.2. The van der Waals surface area contributed by atoms with Crippen LogP contribution in [0.2, 0.25) is 0 Å². The standard InChI is InChI=1S/C20H21F2NO5/c1-12-9-16(25-2)18(27-4)11-14(12)23-19(24)8-6-13-5-7-15(28-20(21)22)17(10-13)26-3/h5-11,20H,1-4H3,(H,23,24)/b8-6+. The molecule has 6 nitrogen and oxygen atoms in total. The first-order chi connectivity index (χ1) is 13.4. The van der Waals surface area contributed by atoms with Gasteiger partial charge in [0, 0.05) is 17.8 Å². The molecule has 0 aliphatic heterocycles. The smallest absolute Gasteiger partial charge is 0.387 e. The maximum absolute atomic E-state index is 12.4. The Morgan fingerprint density at radius 2 is 1.57 bits per heavy atom. The van der Waals surface area contributed by atoms with E-state index in [1.807, 2.05) is 6.92 Å². The number of ether oxygens (including phenoxy) is 4. The minimum atomic E-state index is -2.95. The fourth-order valence-electron chi connectivity index (χ4n) is 2.44. The summed E-state index contributed by atoms with van der Waals surface area (Å²) >= 11 is 0. The number of methoxy groups -OCH3 is 3. The van der Waals surface area contributed by atoms with Crippen LogP contribution in [0.25, 0.3) is 6.08 Å². The van der Waals surface area contributed by atoms with E-state index < -0.39 is 6.61 Å². The Labute approximate surface area is 161 Å². The summed E-state index contributed by atoms with van der Waals surface area (Å²) in [6.07, 6.45) is 2.85. The molecular formula is C20H21F2NO5. The number of aryl methyl sites for hydroxylation is 1. The van der Waals surface area contributed by atoms with Crippen LogP contribution in [0.15, 0.2) is 36.4 Å². The number of amides is 1. The van der Waals surface area contributed by atoms with E-state index >= 15 is 0 Å². The van der Waals surface area contributed by atoms with E-state index in [1.165, 1.54) is 51.7 Å². The molecule has 0 bridgehead atoms. The summed E-state index contributed by atoms with van der Waals surface area (Å²) in [7, 11) is 4.38. The molecule has 0 saturated heterocycles. The van der Waals surface area contributed by atoms with Gasteiger partial charge >= 0.3 is 6.61 Å². The van der Waals surface area contributed by atoms with Crippen molar-refractivity contribution in [1.29, 1.82) is 0 Å². The summed E-state index contributed by atoms with van der Waals surface area (Å²) in [5, 5.41) is 2.76. The number of anilines is 1. The molecule has 0 aliphatic rings. The largest absolute Gasteiger partial charge is 0.493 e. The number of carbonyl (C=O) groups is 1. The van der Waals surface area contributed by atoms with Crippen molar-refractivity contribution in [3.8, 4) is 23.0 Å². The highest BCUT2D eigenvalue weighted by atomic mass is 19.3. The molecule has 0 radical (unpaired) electrons. The van der Waals surface area contributed by atoms with Crippen molar-refractivity contribution in [2.45, 2.75) is 13.5 Å². The Kier molecular flexibility index (Phi) is 7.20. The van der Waals surface area contributed by atoms with E-state index in [0.717, 1.165) is 5.56 Å². The van der Waals surface area contributed by atoms with Crippen molar-refractivity contribution >= 4 is 17.7 Å². The minimum Gasteiger partial charge on any atom is -0.493 e. The van der Waals surface area contributed by atoms with Gasteiger partial charge < -0.3 is 24.3 Å². The lowest BCUT2D eigenvalue weighted by Crippen LogP contribution is -2.09. The number of alkyl halides is 2. The third-order valence-corrected chi connectivity index (χ3v) is 3.82. The highest BCUT2D eigenvalue weighted by Gasteiger charge is 2.11. The molecule has 2 aromatic carbocycles. The van der Waals surface area contributed by atoms with E-state index in [4.69, 9.17) is 14.2 Å². The quantitative estimate of drug-likeness (QED) is 0.679. The molecule has 0 aliphatic carbocycles. The van der Waals surface area contributed by atoms with Gasteiger partial charge in [0.15, 0.2) is 23.0 Å². The van der Waals surface area contributed by atoms with Gasteiger partial charge in [-0.25, -0.2) is 0 Å². The highest BCUT2D eigenvalue weighted by molar-refractivity contribution is 6.02. The molecular weight excluding hydrogens is 372 g/mol. The monoisotopic (exact) mass is 393 g/mol. The van der Waals surface area contributed by atoms with E-state index in [1.54, 1.807) is 12.1 Å². The van der Waals surface area contributed by atoms with E-state index in [-0.39, 0.29) is 17.4 Å². The normalized spacial score (nSPS) is 10.8. The number of nitrogens with one attached hydrogen (secondary N) is 1. The first-order valence-electron chi connectivity index (χ1n) is 8.22. The van der Waals surface area contributed by atoms with Gasteiger partial charge in [0.2, 0.25) is 5.91 Å². The molecule has 0 spiro atoms. The fraction of sp³-hybridized carbons (Fsp3) is 0.250. The first kappa shape index (κ1) is 21.0. The first-order valence-corrected chi connectivity index (χ1v) is 8.22. The predicted molar refractivity (Wildman–Crippen MR) is 102 cm³/mol. The molecule has 1 N–H and O–H groups in total. The van der Waals surface area contributed by atoms with Crippen molar-refractivity contribution < 1.29 is 32.5 Å². The second-order valence-corrected chi connectivity index (χ2v) is 5.63. The summed E-state index contributed by atoms with van der Waals surface area (Å²) in [5.74, 6) is 0.735. The molecule has 1 amide bonds. The van der Waals surface area contributed by atoms with E-state index in [9.17, 15) is 13.6 Å². The van der Waals surface area contributed by atoms with Crippen LogP contribution in [0.4, 0.5) is 14.5 Å². The van der Waals surface area contributed by atoms with Crippen LogP contribution in [0, 0.1) is 6.92 Å². The summed E-state index contributed by atoms with van der Waals surface area (Å²) < 4.78 is 44.6. The molecule has 0 saturated carbocycles. The Morgan fingerprint density at radius 1 is 0.964 bits per heavy atom. The molecule has 0 atom stereocenters. The SMILES string of the molecule is COc1cc(C)c(NC(=O)/C=C/c2ccc(OC(F)F)c(OC)c2)cc1OC. The van der Waals surface area contributed by atoms with Crippen molar-refractivity contribution in [3.05, 3.63) is 47.5 Å². The second kappa shape index (κ2) is 9.59. The zero-order valence-corrected chi connectivity index (χ0v) is 15.9. The zero-order chi connectivity index (χ0) is 20.7. The molecule has 8 heteroatoms. The molecule has 150 valence electrons. The van der Waals surface area contributed by atoms with Crippen molar-refractivity contribution in [1.82, 2.24) is 0 Å². The van der Waals surface area contributed by atoms with Crippen molar-refractivity contribution in [2.24, 2.45) is 0 Å². The lowest BCUT2D eigenvalue weighted by atomic mass is 10.1. The summed E-state index contributed by atoms with van der Waals surface area (Å²) in [6, 6.07) is 7.79. The second-order valence-electron chi connectivity index (χ2n) is 5.63. The summed E-state index contributed by atoms with van der Waals surface area (Å²) in [5.41, 5.74) is 1.96. The number of hydrogen-bond donors (Lipinski definition) is 1. The molecule has 0 unspecified atom stereocenters. The number of halogens is 2. The van der Waals surface area contributed by atoms with Crippen LogP contribution in [-0.2, 0) is 4.79 Å². The van der Waals surface area contributed by atoms with Crippen LogP contribution in [0.1, 0.15) is 11.1 Å². The number of benzene rings is 2. The molecule has 28 heavy (non-hydrogen) atoms. The maximum atomic E-state index is 12.4. The average molecular weight is 393 g/mol. The van der Waals surface area contributed by atoms with Crippen LogP contribution in [-0.4, -0.2) is 33.8 Å². The maximum Gasteiger partial charge on any atom is 0.387 e. The van der Waals surface area contributed by atoms with E-state index in [0.29, 0.717) is 22.7 Å². The third kappa shape index (κ3) is 5.35. The number of rotatable bonds is 8. The van der Waals surface area contributed by atoms with Gasteiger partial charge in [0.05, 0.1) is 21.3 Å². The fourth-order valence-corrected chi connectivity index (χ4v) is 2.44. The Bertz CT molecular complexity index is 868. The molecule has 0 fully saturated rings. The van der Waals surface area contributed by atoms with Crippen LogP contribution < -0.4 is 24.3 Å². The molecule has 0 heterocycles. The summed E-state index contributed by atoms with van der Waals surface area (Å²) in [6.45, 7) is -1.13. The minimum absolute atomic E-state index is 0.0833. The zero-order valence-electron chi connectivity index (χ0n) is 15.9. The third-order valence-electron chi connectivity index (χ3n) is 3.82. The van der Waals surface area contributed by atoms with Crippen LogP contribution >= 0.6 is 0 Å². The molecule has 2 aromatic rings. The molecule has 0 aromatic heterocycles. The van der Waals surface area contributed by atoms with Gasteiger partial charge in [-0.3, -0.25) is 4.79 Å². The lowest BCUT2D eigenvalue weighted by Gasteiger charge is -2.13. The van der Waals surface area contributed by atoms with Gasteiger partial charge in [0.25, 0.3) is 0 Å². The molecule has 2 rings (SSSR count). The number of carbonyl (C=O) groups excluding carboxylic acids is 1. The van der Waals surface area contributed by atoms with Crippen LogP contribution in [0.5, 0.6) is 23.0 Å². The van der Waals surface area contributed by atoms with Crippen LogP contribution in [0.3, 0.4) is 0 Å². The predicted octanol–water partition coefficient (Wildman–Crippen LogP) is 4.27. The Balaban J connectivity index is 2.14.